The second-order valence-corrected chi connectivity index (χ2v) is 6.33. The minimum absolute atomic E-state index is 0.366. The van der Waals surface area contributed by atoms with E-state index in [1.807, 2.05) is 0 Å². The second-order valence-electron chi connectivity index (χ2n) is 6.33. The number of hydrazine groups is 1. The van der Waals surface area contributed by atoms with Gasteiger partial charge in [-0.3, -0.25) is 5.01 Å². The lowest BCUT2D eigenvalue weighted by molar-refractivity contribution is 0.145. The molecule has 4 rings (SSSR count). The molecule has 3 unspecified atom stereocenters. The lowest BCUT2D eigenvalue weighted by Crippen LogP contribution is -2.55. The van der Waals surface area contributed by atoms with Gasteiger partial charge in [0.1, 0.15) is 0 Å². The summed E-state index contributed by atoms with van der Waals surface area (Å²) in [6.07, 6.45) is 12.2. The molecule has 0 aromatic heterocycles. The number of hydrogen-bond acceptors (Lipinski definition) is 4. The normalized spacial score (nSPS) is 38.7. The molecular formula is C14H22N4. The van der Waals surface area contributed by atoms with Crippen molar-refractivity contribution in [3.63, 3.8) is 0 Å². The summed E-state index contributed by atoms with van der Waals surface area (Å²) in [6.45, 7) is 2.00. The number of nitrogens with one attached hydrogen (secondary N) is 1. The molecule has 2 aliphatic carbocycles. The molecule has 3 fully saturated rings. The minimum Gasteiger partial charge on any atom is -0.367 e. The Morgan fingerprint density at radius 2 is 2.11 bits per heavy atom. The van der Waals surface area contributed by atoms with Crippen molar-refractivity contribution in [2.24, 2.45) is 17.6 Å². The molecule has 0 aromatic rings. The molecule has 0 radical (unpaired) electrons. The van der Waals surface area contributed by atoms with Crippen LogP contribution < -0.4 is 11.2 Å². The molecular weight excluding hydrogens is 224 g/mol. The lowest BCUT2D eigenvalue weighted by atomic mass is 9.95. The van der Waals surface area contributed by atoms with Crippen LogP contribution in [0.25, 0.3) is 0 Å². The summed E-state index contributed by atoms with van der Waals surface area (Å²) in [5, 5.41) is 2.35. The van der Waals surface area contributed by atoms with Gasteiger partial charge in [0.05, 0.1) is 11.7 Å². The predicted octanol–water partition coefficient (Wildman–Crippen LogP) is 0.993. The van der Waals surface area contributed by atoms with Crippen molar-refractivity contribution in [2.45, 2.75) is 37.8 Å². The van der Waals surface area contributed by atoms with Crippen molar-refractivity contribution in [1.82, 2.24) is 15.3 Å². The Hall–Kier alpha value is -1.16. The van der Waals surface area contributed by atoms with Crippen molar-refractivity contribution >= 4 is 0 Å². The maximum absolute atomic E-state index is 5.86. The van der Waals surface area contributed by atoms with E-state index < -0.39 is 0 Å². The van der Waals surface area contributed by atoms with Gasteiger partial charge >= 0.3 is 0 Å². The van der Waals surface area contributed by atoms with E-state index in [4.69, 9.17) is 5.73 Å². The summed E-state index contributed by atoms with van der Waals surface area (Å²) in [4.78, 5) is 2.36. The highest BCUT2D eigenvalue weighted by molar-refractivity contribution is 5.22. The number of hydrogen-bond donors (Lipinski definition) is 2. The fourth-order valence-corrected chi connectivity index (χ4v) is 4.09. The number of allylic oxidation sites excluding steroid dienone is 1. The van der Waals surface area contributed by atoms with Crippen LogP contribution in [0.4, 0.5) is 0 Å². The van der Waals surface area contributed by atoms with Gasteiger partial charge in [-0.05, 0) is 37.2 Å². The SMILES string of the molecule is NC1CN(C2=CN(C3CC4CCC3C4)NC=C2)C1. The van der Waals surface area contributed by atoms with Crippen LogP contribution in [0.2, 0.25) is 0 Å². The van der Waals surface area contributed by atoms with Crippen LogP contribution in [0, 0.1) is 11.8 Å². The van der Waals surface area contributed by atoms with E-state index in [1.54, 1.807) is 0 Å². The summed E-state index contributed by atoms with van der Waals surface area (Å²) < 4.78 is 0. The molecule has 0 spiro atoms. The molecule has 2 saturated carbocycles. The first-order valence-corrected chi connectivity index (χ1v) is 7.23. The number of fused-ring (bicyclic) bond motifs is 2. The van der Waals surface area contributed by atoms with Crippen LogP contribution in [0.15, 0.2) is 24.2 Å². The third-order valence-electron chi connectivity index (χ3n) is 5.08. The quantitative estimate of drug-likeness (QED) is 0.763. The first kappa shape index (κ1) is 10.7. The second kappa shape index (κ2) is 3.92. The molecule has 4 heteroatoms. The minimum atomic E-state index is 0.366. The summed E-state index contributed by atoms with van der Waals surface area (Å²) in [5.41, 5.74) is 10.6. The van der Waals surface area contributed by atoms with Gasteiger partial charge in [0, 0.05) is 31.5 Å². The van der Waals surface area contributed by atoms with Gasteiger partial charge < -0.3 is 16.1 Å². The molecule has 1 saturated heterocycles. The van der Waals surface area contributed by atoms with Gasteiger partial charge in [0.15, 0.2) is 0 Å². The van der Waals surface area contributed by atoms with Gasteiger partial charge in [0.25, 0.3) is 0 Å². The zero-order chi connectivity index (χ0) is 12.1. The molecule has 4 aliphatic rings. The molecule has 0 aromatic carbocycles. The van der Waals surface area contributed by atoms with E-state index >= 15 is 0 Å². The van der Waals surface area contributed by atoms with Crippen LogP contribution in [0.5, 0.6) is 0 Å². The highest BCUT2D eigenvalue weighted by atomic mass is 15.5. The molecule has 2 aliphatic heterocycles. The largest absolute Gasteiger partial charge is 0.367 e. The number of rotatable bonds is 2. The Labute approximate surface area is 108 Å². The Morgan fingerprint density at radius 3 is 2.78 bits per heavy atom. The van der Waals surface area contributed by atoms with E-state index in [9.17, 15) is 0 Å². The Kier molecular flexibility index (Phi) is 2.34. The number of nitrogens with two attached hydrogens (primary N) is 1. The van der Waals surface area contributed by atoms with E-state index in [-0.39, 0.29) is 0 Å². The van der Waals surface area contributed by atoms with Crippen LogP contribution in [-0.4, -0.2) is 35.1 Å². The summed E-state index contributed by atoms with van der Waals surface area (Å²) in [5.74, 6) is 1.90. The standard InChI is InChI=1S/C14H22N4/c15-12-7-17(8-12)13-3-4-16-18(9-13)14-6-10-1-2-11(14)5-10/h3-4,9-12,14,16H,1-2,5-8,15H2. The number of nitrogens with zero attached hydrogens (tertiary/aromatic N) is 2. The van der Waals surface area contributed by atoms with Crippen molar-refractivity contribution in [1.29, 1.82) is 0 Å². The molecule has 2 heterocycles. The van der Waals surface area contributed by atoms with E-state index in [0.717, 1.165) is 24.9 Å². The zero-order valence-electron chi connectivity index (χ0n) is 10.8. The molecule has 3 N–H and O–H groups in total. The van der Waals surface area contributed by atoms with Crippen LogP contribution in [-0.2, 0) is 0 Å². The van der Waals surface area contributed by atoms with E-state index in [2.05, 4.69) is 33.8 Å². The van der Waals surface area contributed by atoms with Crippen LogP contribution in [0.3, 0.4) is 0 Å². The van der Waals surface area contributed by atoms with Gasteiger partial charge in [-0.25, -0.2) is 0 Å². The Balaban J connectivity index is 1.48. The van der Waals surface area contributed by atoms with Crippen molar-refractivity contribution in [3.8, 4) is 0 Å². The number of likely N-dealkylation sites (tertiary alicyclic amines) is 1. The van der Waals surface area contributed by atoms with Gasteiger partial charge in [0.2, 0.25) is 0 Å². The summed E-state index contributed by atoms with van der Waals surface area (Å²) in [6, 6.07) is 1.07. The first-order valence-electron chi connectivity index (χ1n) is 7.23. The van der Waals surface area contributed by atoms with Gasteiger partial charge in [-0.1, -0.05) is 6.42 Å². The predicted molar refractivity (Wildman–Crippen MR) is 71.0 cm³/mol. The average molecular weight is 246 g/mol. The molecule has 2 bridgehead atoms. The molecule has 3 atom stereocenters. The average Bonchev–Trinajstić information content (AvgIpc) is 2.97. The van der Waals surface area contributed by atoms with E-state index in [0.29, 0.717) is 12.1 Å². The highest BCUT2D eigenvalue weighted by Crippen LogP contribution is 2.46. The molecule has 4 nitrogen and oxygen atoms in total. The van der Waals surface area contributed by atoms with Crippen LogP contribution in [0.1, 0.15) is 25.7 Å². The van der Waals surface area contributed by atoms with Crippen LogP contribution >= 0.6 is 0 Å². The fourth-order valence-electron chi connectivity index (χ4n) is 4.09. The molecule has 0 amide bonds. The monoisotopic (exact) mass is 246 g/mol. The maximum Gasteiger partial charge on any atom is 0.0564 e. The maximum atomic E-state index is 5.86. The summed E-state index contributed by atoms with van der Waals surface area (Å²) in [7, 11) is 0. The zero-order valence-corrected chi connectivity index (χ0v) is 10.8. The highest BCUT2D eigenvalue weighted by Gasteiger charge is 2.42. The lowest BCUT2D eigenvalue weighted by Gasteiger charge is -2.43. The van der Waals surface area contributed by atoms with Gasteiger partial charge in [-0.2, -0.15) is 0 Å². The molecule has 18 heavy (non-hydrogen) atoms. The third-order valence-corrected chi connectivity index (χ3v) is 5.08. The first-order chi connectivity index (χ1) is 8.79. The summed E-state index contributed by atoms with van der Waals surface area (Å²) >= 11 is 0. The van der Waals surface area contributed by atoms with Crippen molar-refractivity contribution in [2.75, 3.05) is 13.1 Å². The third kappa shape index (κ3) is 1.62. The van der Waals surface area contributed by atoms with Crippen molar-refractivity contribution < 1.29 is 0 Å². The smallest absolute Gasteiger partial charge is 0.0564 e. The van der Waals surface area contributed by atoms with Crippen molar-refractivity contribution in [3.05, 3.63) is 24.2 Å². The van der Waals surface area contributed by atoms with Gasteiger partial charge in [-0.15, -0.1) is 0 Å². The Bertz CT molecular complexity index is 397. The topological polar surface area (TPSA) is 44.5 Å². The molecule has 98 valence electrons. The van der Waals surface area contributed by atoms with E-state index in [1.165, 1.54) is 31.4 Å². The Morgan fingerprint density at radius 1 is 1.22 bits per heavy atom. The fraction of sp³-hybridized carbons (Fsp3) is 0.714.